The highest BCUT2D eigenvalue weighted by molar-refractivity contribution is 7.91. The molecular formula is C8H9NO4S2. The minimum absolute atomic E-state index is 0.0248. The Balaban J connectivity index is 2.32. The molecule has 1 atom stereocenters. The molecule has 0 aromatic carbocycles. The van der Waals surface area contributed by atoms with Gasteiger partial charge in [0.2, 0.25) is 0 Å². The molecule has 0 spiro atoms. The van der Waals surface area contributed by atoms with Crippen molar-refractivity contribution < 1.29 is 18.3 Å². The number of hydrogen-bond donors (Lipinski definition) is 1. The van der Waals surface area contributed by atoms with Crippen molar-refractivity contribution in [1.82, 2.24) is 4.98 Å². The van der Waals surface area contributed by atoms with E-state index in [1.165, 1.54) is 5.51 Å². The van der Waals surface area contributed by atoms with Gasteiger partial charge in [-0.05, 0) is 6.42 Å². The standard InChI is InChI=1S/C8H9NO4S2/c10-8(11)7-6(9-4-14-7)5-1-2-15(12,13)3-5/h4-5H,1-3H2,(H,10,11). The van der Waals surface area contributed by atoms with Gasteiger partial charge in [-0.25, -0.2) is 18.2 Å². The van der Waals surface area contributed by atoms with Crippen LogP contribution in [0.1, 0.15) is 27.7 Å². The fourth-order valence-electron chi connectivity index (χ4n) is 1.72. The van der Waals surface area contributed by atoms with E-state index in [4.69, 9.17) is 5.11 Å². The van der Waals surface area contributed by atoms with Crippen molar-refractivity contribution in [2.45, 2.75) is 12.3 Å². The highest BCUT2D eigenvalue weighted by Crippen LogP contribution is 2.31. The van der Waals surface area contributed by atoms with Gasteiger partial charge in [-0.2, -0.15) is 0 Å². The van der Waals surface area contributed by atoms with Crippen LogP contribution in [0.15, 0.2) is 5.51 Å². The molecule has 15 heavy (non-hydrogen) atoms. The number of rotatable bonds is 2. The van der Waals surface area contributed by atoms with Crippen LogP contribution in [-0.4, -0.2) is 36.0 Å². The SMILES string of the molecule is O=C(O)c1scnc1C1CCS(=O)(=O)C1. The smallest absolute Gasteiger partial charge is 0.347 e. The van der Waals surface area contributed by atoms with Gasteiger partial charge in [0.1, 0.15) is 4.88 Å². The van der Waals surface area contributed by atoms with Crippen molar-refractivity contribution in [3.05, 3.63) is 16.1 Å². The summed E-state index contributed by atoms with van der Waals surface area (Å²) in [5.41, 5.74) is 1.87. The van der Waals surface area contributed by atoms with Gasteiger partial charge in [-0.3, -0.25) is 0 Å². The van der Waals surface area contributed by atoms with Crippen LogP contribution < -0.4 is 0 Å². The monoisotopic (exact) mass is 247 g/mol. The van der Waals surface area contributed by atoms with E-state index in [0.717, 1.165) is 11.3 Å². The summed E-state index contributed by atoms with van der Waals surface area (Å²) >= 11 is 1.04. The molecule has 1 N–H and O–H groups in total. The predicted octanol–water partition coefficient (Wildman–Crippen LogP) is 0.743. The quantitative estimate of drug-likeness (QED) is 0.833. The van der Waals surface area contributed by atoms with Gasteiger partial charge in [0.15, 0.2) is 9.84 Å². The predicted molar refractivity (Wildman–Crippen MR) is 55.1 cm³/mol. The summed E-state index contributed by atoms with van der Waals surface area (Å²) in [6.07, 6.45) is 0.479. The van der Waals surface area contributed by atoms with Gasteiger partial charge < -0.3 is 5.11 Å². The van der Waals surface area contributed by atoms with Crippen molar-refractivity contribution >= 4 is 27.1 Å². The largest absolute Gasteiger partial charge is 0.477 e. The average molecular weight is 247 g/mol. The van der Waals surface area contributed by atoms with Gasteiger partial charge in [-0.1, -0.05) is 0 Å². The third-order valence-corrected chi connectivity index (χ3v) is 5.01. The van der Waals surface area contributed by atoms with Crippen molar-refractivity contribution in [1.29, 1.82) is 0 Å². The van der Waals surface area contributed by atoms with Gasteiger partial charge in [0, 0.05) is 5.92 Å². The first kappa shape index (κ1) is 10.6. The first-order valence-electron chi connectivity index (χ1n) is 4.37. The van der Waals surface area contributed by atoms with Gasteiger partial charge in [0.25, 0.3) is 0 Å². The molecule has 1 unspecified atom stereocenters. The molecule has 82 valence electrons. The maximum absolute atomic E-state index is 11.2. The van der Waals surface area contributed by atoms with Crippen LogP contribution in [0.5, 0.6) is 0 Å². The summed E-state index contributed by atoms with van der Waals surface area (Å²) < 4.78 is 22.5. The molecule has 0 saturated carbocycles. The number of aromatic carboxylic acids is 1. The molecule has 0 aliphatic carbocycles. The fraction of sp³-hybridized carbons (Fsp3) is 0.500. The maximum atomic E-state index is 11.2. The molecule has 1 aromatic heterocycles. The molecule has 1 saturated heterocycles. The van der Waals surface area contributed by atoms with Gasteiger partial charge in [-0.15, -0.1) is 11.3 Å². The number of nitrogens with zero attached hydrogens (tertiary/aromatic N) is 1. The van der Waals surface area contributed by atoms with Crippen LogP contribution in [0, 0.1) is 0 Å². The summed E-state index contributed by atoms with van der Waals surface area (Å²) in [5, 5.41) is 8.87. The third-order valence-electron chi connectivity index (χ3n) is 2.41. The Kier molecular flexibility index (Phi) is 2.51. The van der Waals surface area contributed by atoms with E-state index in [2.05, 4.69) is 4.98 Å². The van der Waals surface area contributed by atoms with Gasteiger partial charge >= 0.3 is 5.97 Å². The lowest BCUT2D eigenvalue weighted by molar-refractivity contribution is 0.0700. The van der Waals surface area contributed by atoms with E-state index < -0.39 is 15.8 Å². The number of thiazole rings is 1. The van der Waals surface area contributed by atoms with Crippen molar-refractivity contribution in [2.24, 2.45) is 0 Å². The van der Waals surface area contributed by atoms with E-state index in [9.17, 15) is 13.2 Å². The molecule has 5 nitrogen and oxygen atoms in total. The van der Waals surface area contributed by atoms with E-state index in [1.807, 2.05) is 0 Å². The molecule has 0 amide bonds. The van der Waals surface area contributed by atoms with Crippen molar-refractivity contribution in [3.63, 3.8) is 0 Å². The Morgan fingerprint density at radius 1 is 1.60 bits per heavy atom. The van der Waals surface area contributed by atoms with Crippen molar-refractivity contribution in [3.8, 4) is 0 Å². The molecule has 0 radical (unpaired) electrons. The molecule has 7 heteroatoms. The highest BCUT2D eigenvalue weighted by atomic mass is 32.2. The summed E-state index contributed by atoms with van der Waals surface area (Å²) in [7, 11) is -2.99. The van der Waals surface area contributed by atoms with Crippen LogP contribution in [0.3, 0.4) is 0 Å². The Bertz CT molecular complexity index is 490. The second-order valence-electron chi connectivity index (χ2n) is 3.47. The van der Waals surface area contributed by atoms with E-state index >= 15 is 0 Å². The molecule has 0 bridgehead atoms. The van der Waals surface area contributed by atoms with Gasteiger partial charge in [0.05, 0.1) is 22.7 Å². The number of carboxylic acid groups (broad SMARTS) is 1. The normalized spacial score (nSPS) is 24.1. The zero-order valence-electron chi connectivity index (χ0n) is 7.71. The zero-order chi connectivity index (χ0) is 11.1. The molecule has 1 aromatic rings. The topological polar surface area (TPSA) is 84.3 Å². The maximum Gasteiger partial charge on any atom is 0.347 e. The van der Waals surface area contributed by atoms with Crippen molar-refractivity contribution in [2.75, 3.05) is 11.5 Å². The Hall–Kier alpha value is -0.950. The number of hydrogen-bond acceptors (Lipinski definition) is 5. The summed E-state index contributed by atoms with van der Waals surface area (Å²) in [5.74, 6) is -1.12. The molecule has 1 fully saturated rings. The number of aromatic nitrogens is 1. The van der Waals surface area contributed by atoms with E-state index in [0.29, 0.717) is 12.1 Å². The van der Waals surface area contributed by atoms with Crippen LogP contribution in [0.4, 0.5) is 0 Å². The molecule has 2 rings (SSSR count). The number of carboxylic acids is 1. The first-order valence-corrected chi connectivity index (χ1v) is 7.07. The van der Waals surface area contributed by atoms with E-state index in [1.54, 1.807) is 0 Å². The number of sulfone groups is 1. The molecule has 1 aliphatic rings. The second kappa shape index (κ2) is 3.57. The lowest BCUT2D eigenvalue weighted by Crippen LogP contribution is -2.07. The lowest BCUT2D eigenvalue weighted by atomic mass is 10.0. The second-order valence-corrected chi connectivity index (χ2v) is 6.56. The minimum atomic E-state index is -2.99. The minimum Gasteiger partial charge on any atom is -0.477 e. The summed E-state index contributed by atoms with van der Waals surface area (Å²) in [4.78, 5) is 14.9. The third kappa shape index (κ3) is 2.03. The first-order chi connectivity index (χ1) is 6.99. The Morgan fingerprint density at radius 2 is 2.33 bits per heavy atom. The Morgan fingerprint density at radius 3 is 2.87 bits per heavy atom. The molecule has 1 aliphatic heterocycles. The fourth-order valence-corrected chi connectivity index (χ4v) is 4.18. The highest BCUT2D eigenvalue weighted by Gasteiger charge is 2.33. The number of carbonyl (C=O) groups is 1. The lowest BCUT2D eigenvalue weighted by Gasteiger charge is -2.04. The van der Waals surface area contributed by atoms with Crippen LogP contribution >= 0.6 is 11.3 Å². The van der Waals surface area contributed by atoms with Crippen LogP contribution in [0.2, 0.25) is 0 Å². The summed E-state index contributed by atoms with van der Waals surface area (Å²) in [6.45, 7) is 0. The molecule has 2 heterocycles. The van der Waals surface area contributed by atoms with E-state index in [-0.39, 0.29) is 22.3 Å². The Labute approximate surface area is 90.7 Å². The van der Waals surface area contributed by atoms with Crippen LogP contribution in [-0.2, 0) is 9.84 Å². The average Bonchev–Trinajstić information content (AvgIpc) is 2.69. The van der Waals surface area contributed by atoms with Crippen LogP contribution in [0.25, 0.3) is 0 Å². The zero-order valence-corrected chi connectivity index (χ0v) is 9.34. The molecular weight excluding hydrogens is 238 g/mol. The summed E-state index contributed by atoms with van der Waals surface area (Å²) in [6, 6.07) is 0.